The standard InChI is InChI=1S/C19H14ClFN4O3/c20-13-3-1-2-11(8-13)18-23-24-19(28-18)22-17(27)12-9-16(26)25(10-12)15-6-4-14(21)5-7-15/h1-8,12H,9-10H2,(H,22,24,27). The second kappa shape index (κ2) is 7.40. The van der Waals surface area contributed by atoms with E-state index in [-0.39, 0.29) is 30.8 Å². The Balaban J connectivity index is 1.43. The molecule has 1 unspecified atom stereocenters. The second-order valence-electron chi connectivity index (χ2n) is 6.29. The molecule has 28 heavy (non-hydrogen) atoms. The number of benzene rings is 2. The molecule has 1 fully saturated rings. The van der Waals surface area contributed by atoms with Crippen LogP contribution in [-0.2, 0) is 9.59 Å². The molecule has 1 atom stereocenters. The normalized spacial score (nSPS) is 16.4. The summed E-state index contributed by atoms with van der Waals surface area (Å²) in [6.45, 7) is 0.186. The number of hydrogen-bond acceptors (Lipinski definition) is 5. The van der Waals surface area contributed by atoms with E-state index < -0.39 is 17.6 Å². The summed E-state index contributed by atoms with van der Waals surface area (Å²) in [6.07, 6.45) is 0.0402. The molecule has 0 radical (unpaired) electrons. The van der Waals surface area contributed by atoms with Gasteiger partial charge in [0, 0.05) is 29.2 Å². The summed E-state index contributed by atoms with van der Waals surface area (Å²) in [5.74, 6) is -1.37. The van der Waals surface area contributed by atoms with Crippen molar-refractivity contribution < 1.29 is 18.4 Å². The minimum absolute atomic E-state index is 0.0402. The lowest BCUT2D eigenvalue weighted by Gasteiger charge is -2.16. The minimum Gasteiger partial charge on any atom is -0.403 e. The molecule has 0 spiro atoms. The Morgan fingerprint density at radius 1 is 1.21 bits per heavy atom. The van der Waals surface area contributed by atoms with Crippen molar-refractivity contribution in [2.45, 2.75) is 6.42 Å². The van der Waals surface area contributed by atoms with Crippen molar-refractivity contribution >= 4 is 35.1 Å². The molecule has 142 valence electrons. The Kier molecular flexibility index (Phi) is 4.79. The Hall–Kier alpha value is -3.26. The zero-order valence-electron chi connectivity index (χ0n) is 14.4. The third-order valence-corrected chi connectivity index (χ3v) is 4.60. The lowest BCUT2D eigenvalue weighted by atomic mass is 10.1. The van der Waals surface area contributed by atoms with E-state index in [1.807, 2.05) is 0 Å². The van der Waals surface area contributed by atoms with Crippen LogP contribution in [0.4, 0.5) is 16.1 Å². The fourth-order valence-corrected chi connectivity index (χ4v) is 3.16. The predicted octanol–water partition coefficient (Wildman–Crippen LogP) is 3.52. The number of hydrogen-bond donors (Lipinski definition) is 1. The lowest BCUT2D eigenvalue weighted by molar-refractivity contribution is -0.122. The summed E-state index contributed by atoms with van der Waals surface area (Å²) in [5, 5.41) is 10.8. The van der Waals surface area contributed by atoms with Crippen molar-refractivity contribution in [3.8, 4) is 11.5 Å². The maximum Gasteiger partial charge on any atom is 0.322 e. The fourth-order valence-electron chi connectivity index (χ4n) is 2.97. The van der Waals surface area contributed by atoms with Crippen molar-refractivity contribution in [3.63, 3.8) is 0 Å². The molecule has 1 N–H and O–H groups in total. The number of anilines is 2. The van der Waals surface area contributed by atoms with Gasteiger partial charge in [0.2, 0.25) is 17.7 Å². The lowest BCUT2D eigenvalue weighted by Crippen LogP contribution is -2.28. The van der Waals surface area contributed by atoms with E-state index in [4.69, 9.17) is 16.0 Å². The van der Waals surface area contributed by atoms with Gasteiger partial charge < -0.3 is 9.32 Å². The van der Waals surface area contributed by atoms with Gasteiger partial charge in [-0.2, -0.15) is 0 Å². The van der Waals surface area contributed by atoms with Crippen LogP contribution in [0.2, 0.25) is 5.02 Å². The van der Waals surface area contributed by atoms with E-state index in [1.54, 1.807) is 24.3 Å². The quantitative estimate of drug-likeness (QED) is 0.723. The van der Waals surface area contributed by atoms with Crippen molar-refractivity contribution in [1.29, 1.82) is 0 Å². The van der Waals surface area contributed by atoms with E-state index in [0.717, 1.165) is 0 Å². The average molecular weight is 401 g/mol. The number of aromatic nitrogens is 2. The molecule has 1 aliphatic rings. The van der Waals surface area contributed by atoms with Crippen molar-refractivity contribution in [2.75, 3.05) is 16.8 Å². The predicted molar refractivity (Wildman–Crippen MR) is 100 cm³/mol. The molecule has 2 heterocycles. The van der Waals surface area contributed by atoms with Crippen LogP contribution in [0, 0.1) is 11.7 Å². The number of carbonyl (C=O) groups is 2. The zero-order valence-corrected chi connectivity index (χ0v) is 15.2. The molecule has 0 saturated carbocycles. The highest BCUT2D eigenvalue weighted by molar-refractivity contribution is 6.30. The van der Waals surface area contributed by atoms with Gasteiger partial charge >= 0.3 is 6.01 Å². The van der Waals surface area contributed by atoms with E-state index in [9.17, 15) is 14.0 Å². The molecule has 4 rings (SSSR count). The molecule has 1 saturated heterocycles. The number of carbonyl (C=O) groups excluding carboxylic acids is 2. The van der Waals surface area contributed by atoms with Crippen LogP contribution in [0.5, 0.6) is 0 Å². The molecule has 0 bridgehead atoms. The van der Waals surface area contributed by atoms with Gasteiger partial charge in [0.15, 0.2) is 0 Å². The monoisotopic (exact) mass is 400 g/mol. The summed E-state index contributed by atoms with van der Waals surface area (Å²) >= 11 is 5.94. The largest absolute Gasteiger partial charge is 0.403 e. The third kappa shape index (κ3) is 3.72. The first kappa shape index (κ1) is 18.1. The van der Waals surface area contributed by atoms with Gasteiger partial charge in [-0.3, -0.25) is 14.9 Å². The molecule has 2 aromatic carbocycles. The van der Waals surface area contributed by atoms with E-state index >= 15 is 0 Å². The summed E-state index contributed by atoms with van der Waals surface area (Å²) in [4.78, 5) is 26.2. The van der Waals surface area contributed by atoms with E-state index in [1.165, 1.54) is 29.2 Å². The molecule has 2 amide bonds. The third-order valence-electron chi connectivity index (χ3n) is 4.36. The van der Waals surface area contributed by atoms with Crippen molar-refractivity contribution in [3.05, 3.63) is 59.4 Å². The van der Waals surface area contributed by atoms with Crippen molar-refractivity contribution in [1.82, 2.24) is 10.2 Å². The summed E-state index contributed by atoms with van der Waals surface area (Å²) < 4.78 is 18.5. The molecule has 1 aliphatic heterocycles. The van der Waals surface area contributed by atoms with Crippen LogP contribution in [0.15, 0.2) is 52.9 Å². The number of nitrogens with zero attached hydrogens (tertiary/aromatic N) is 3. The van der Waals surface area contributed by atoms with Crippen LogP contribution in [0.3, 0.4) is 0 Å². The molecule has 7 nitrogen and oxygen atoms in total. The first-order valence-electron chi connectivity index (χ1n) is 8.46. The smallest absolute Gasteiger partial charge is 0.322 e. The molecule has 0 aliphatic carbocycles. The molecule has 1 aromatic heterocycles. The van der Waals surface area contributed by atoms with Gasteiger partial charge in [-0.15, -0.1) is 5.10 Å². The summed E-state index contributed by atoms with van der Waals surface area (Å²) in [7, 11) is 0. The topological polar surface area (TPSA) is 88.3 Å². The van der Waals surface area contributed by atoms with Gasteiger partial charge in [-0.1, -0.05) is 22.8 Å². The maximum absolute atomic E-state index is 13.1. The Bertz CT molecular complexity index is 1040. The number of halogens is 2. The molecular weight excluding hydrogens is 387 g/mol. The number of amides is 2. The fraction of sp³-hybridized carbons (Fsp3) is 0.158. The molecular formula is C19H14ClFN4O3. The highest BCUT2D eigenvalue weighted by Gasteiger charge is 2.35. The zero-order chi connectivity index (χ0) is 19.7. The highest BCUT2D eigenvalue weighted by Crippen LogP contribution is 2.27. The number of nitrogens with one attached hydrogen (secondary N) is 1. The maximum atomic E-state index is 13.1. The Morgan fingerprint density at radius 2 is 2.00 bits per heavy atom. The average Bonchev–Trinajstić information content (AvgIpc) is 3.29. The summed E-state index contributed by atoms with van der Waals surface area (Å²) in [5.41, 5.74) is 1.17. The van der Waals surface area contributed by atoms with E-state index in [2.05, 4.69) is 15.5 Å². The van der Waals surface area contributed by atoms with Crippen LogP contribution < -0.4 is 10.2 Å². The summed E-state index contributed by atoms with van der Waals surface area (Å²) in [6, 6.07) is 12.4. The van der Waals surface area contributed by atoms with Crippen molar-refractivity contribution in [2.24, 2.45) is 5.92 Å². The van der Waals surface area contributed by atoms with Gasteiger partial charge in [-0.05, 0) is 42.5 Å². The first-order valence-corrected chi connectivity index (χ1v) is 8.83. The Morgan fingerprint density at radius 3 is 2.75 bits per heavy atom. The highest BCUT2D eigenvalue weighted by atomic mass is 35.5. The van der Waals surface area contributed by atoms with Crippen LogP contribution in [0.25, 0.3) is 11.5 Å². The minimum atomic E-state index is -0.584. The second-order valence-corrected chi connectivity index (χ2v) is 6.73. The Labute approximate surface area is 164 Å². The molecule has 3 aromatic rings. The molecule has 9 heteroatoms. The van der Waals surface area contributed by atoms with Crippen LogP contribution in [-0.4, -0.2) is 28.6 Å². The van der Waals surface area contributed by atoms with E-state index in [0.29, 0.717) is 16.3 Å². The van der Waals surface area contributed by atoms with Crippen LogP contribution in [0.1, 0.15) is 6.42 Å². The van der Waals surface area contributed by atoms with Gasteiger partial charge in [0.1, 0.15) is 5.82 Å². The van der Waals surface area contributed by atoms with Gasteiger partial charge in [-0.25, -0.2) is 4.39 Å². The van der Waals surface area contributed by atoms with Crippen LogP contribution >= 0.6 is 11.6 Å². The van der Waals surface area contributed by atoms with Gasteiger partial charge in [0.05, 0.1) is 5.92 Å². The first-order chi connectivity index (χ1) is 13.5. The van der Waals surface area contributed by atoms with Gasteiger partial charge in [0.25, 0.3) is 0 Å². The SMILES string of the molecule is O=C(Nc1nnc(-c2cccc(Cl)c2)o1)C1CC(=O)N(c2ccc(F)cc2)C1. The number of rotatable bonds is 4.